The number of carbonyl (C=O) groups is 1. The molecule has 0 spiro atoms. The van der Waals surface area contributed by atoms with Gasteiger partial charge in [-0.05, 0) is 11.4 Å². The summed E-state index contributed by atoms with van der Waals surface area (Å²) in [5.74, 6) is -0.0880. The van der Waals surface area contributed by atoms with Crippen molar-refractivity contribution >= 4 is 28.6 Å². The zero-order valence-electron chi connectivity index (χ0n) is 13.5. The Morgan fingerprint density at radius 3 is 2.96 bits per heavy atom. The van der Waals surface area contributed by atoms with Gasteiger partial charge in [0.2, 0.25) is 0 Å². The number of methoxy groups -OCH3 is 1. The molecule has 3 aromatic heterocycles. The number of nitrogens with zero attached hydrogens (tertiary/aromatic N) is 4. The van der Waals surface area contributed by atoms with E-state index >= 15 is 0 Å². The summed E-state index contributed by atoms with van der Waals surface area (Å²) in [7, 11) is 3.49. The minimum absolute atomic E-state index is 0.0880. The first-order valence-corrected chi connectivity index (χ1v) is 9.18. The number of thiazole rings is 1. The van der Waals surface area contributed by atoms with Gasteiger partial charge in [0.05, 0.1) is 17.7 Å². The van der Waals surface area contributed by atoms with Crippen LogP contribution in [0.1, 0.15) is 16.1 Å². The lowest BCUT2D eigenvalue weighted by Crippen LogP contribution is -2.33. The van der Waals surface area contributed by atoms with E-state index < -0.39 is 0 Å². The zero-order valence-corrected chi connectivity index (χ0v) is 15.1. The molecule has 0 aliphatic rings. The van der Waals surface area contributed by atoms with Crippen molar-refractivity contribution in [3.63, 3.8) is 0 Å². The van der Waals surface area contributed by atoms with Gasteiger partial charge < -0.3 is 9.64 Å². The first-order chi connectivity index (χ1) is 11.7. The van der Waals surface area contributed by atoms with Gasteiger partial charge in [-0.2, -0.15) is 5.10 Å². The summed E-state index contributed by atoms with van der Waals surface area (Å²) in [6.07, 6.45) is 3.68. The van der Waals surface area contributed by atoms with Crippen LogP contribution in [0.2, 0.25) is 0 Å². The number of amides is 1. The molecule has 1 amide bonds. The molecule has 0 radical (unpaired) electrons. The highest BCUT2D eigenvalue weighted by Crippen LogP contribution is 2.28. The van der Waals surface area contributed by atoms with E-state index in [1.54, 1.807) is 34.2 Å². The van der Waals surface area contributed by atoms with Crippen LogP contribution in [0.5, 0.6) is 0 Å². The van der Waals surface area contributed by atoms with E-state index in [9.17, 15) is 4.79 Å². The van der Waals surface area contributed by atoms with Crippen LogP contribution in [0, 0.1) is 0 Å². The van der Waals surface area contributed by atoms with E-state index in [2.05, 4.69) is 10.1 Å². The van der Waals surface area contributed by atoms with Crippen molar-refractivity contribution < 1.29 is 9.53 Å². The van der Waals surface area contributed by atoms with Crippen LogP contribution in [-0.2, 0) is 18.3 Å². The Morgan fingerprint density at radius 1 is 1.42 bits per heavy atom. The van der Waals surface area contributed by atoms with E-state index in [0.29, 0.717) is 25.4 Å². The third-order valence-corrected chi connectivity index (χ3v) is 5.32. The topological polar surface area (TPSA) is 60.2 Å². The average Bonchev–Trinajstić information content (AvgIpc) is 3.31. The fourth-order valence-electron chi connectivity index (χ4n) is 2.28. The standard InChI is InChI=1S/C16H18N4O2S2/c1-19-9-12(8-17-19)10-20(5-6-22-2)16(21)13-11-24-15(18-13)14-4-3-7-23-14/h3-4,7-9,11H,5-6,10H2,1-2H3. The summed E-state index contributed by atoms with van der Waals surface area (Å²) in [6.45, 7) is 1.48. The molecular formula is C16H18N4O2S2. The monoisotopic (exact) mass is 362 g/mol. The Labute approximate surface area is 148 Å². The molecule has 6 nitrogen and oxygen atoms in total. The fourth-order valence-corrected chi connectivity index (χ4v) is 3.88. The summed E-state index contributed by atoms with van der Waals surface area (Å²) in [5, 5.41) is 8.86. The quantitative estimate of drug-likeness (QED) is 0.648. The molecule has 0 saturated heterocycles. The van der Waals surface area contributed by atoms with E-state index in [1.807, 2.05) is 36.1 Å². The minimum atomic E-state index is -0.0880. The molecule has 0 N–H and O–H groups in total. The van der Waals surface area contributed by atoms with Crippen LogP contribution >= 0.6 is 22.7 Å². The van der Waals surface area contributed by atoms with Gasteiger partial charge in [0.15, 0.2) is 0 Å². The third-order valence-electron chi connectivity index (χ3n) is 3.44. The highest BCUT2D eigenvalue weighted by molar-refractivity contribution is 7.20. The van der Waals surface area contributed by atoms with E-state index in [1.165, 1.54) is 11.3 Å². The second kappa shape index (κ2) is 7.69. The van der Waals surface area contributed by atoms with Gasteiger partial charge in [-0.15, -0.1) is 22.7 Å². The average molecular weight is 362 g/mol. The van der Waals surface area contributed by atoms with Gasteiger partial charge in [0, 0.05) is 44.4 Å². The van der Waals surface area contributed by atoms with Crippen molar-refractivity contribution in [1.29, 1.82) is 0 Å². The lowest BCUT2D eigenvalue weighted by Gasteiger charge is -2.20. The highest BCUT2D eigenvalue weighted by atomic mass is 32.1. The number of thiophene rings is 1. The molecule has 8 heteroatoms. The zero-order chi connectivity index (χ0) is 16.9. The highest BCUT2D eigenvalue weighted by Gasteiger charge is 2.20. The second-order valence-electron chi connectivity index (χ2n) is 5.26. The largest absolute Gasteiger partial charge is 0.383 e. The lowest BCUT2D eigenvalue weighted by atomic mass is 10.3. The summed E-state index contributed by atoms with van der Waals surface area (Å²) in [6, 6.07) is 3.99. The summed E-state index contributed by atoms with van der Waals surface area (Å²) < 4.78 is 6.86. The van der Waals surface area contributed by atoms with Gasteiger partial charge >= 0.3 is 0 Å². The molecule has 0 atom stereocenters. The molecule has 0 unspecified atom stereocenters. The normalized spacial score (nSPS) is 10.9. The summed E-state index contributed by atoms with van der Waals surface area (Å²) in [4.78, 5) is 20.2. The smallest absolute Gasteiger partial charge is 0.273 e. The van der Waals surface area contributed by atoms with Crippen molar-refractivity contribution in [2.45, 2.75) is 6.54 Å². The van der Waals surface area contributed by atoms with Crippen LogP contribution in [0.15, 0.2) is 35.3 Å². The predicted octanol–water partition coefficient (Wildman–Crippen LogP) is 2.89. The van der Waals surface area contributed by atoms with E-state index in [-0.39, 0.29) is 5.91 Å². The fraction of sp³-hybridized carbons (Fsp3) is 0.312. The molecule has 0 saturated carbocycles. The Hall–Kier alpha value is -2.03. The minimum Gasteiger partial charge on any atom is -0.383 e. The summed E-state index contributed by atoms with van der Waals surface area (Å²) >= 11 is 3.11. The molecule has 3 rings (SSSR count). The number of carbonyl (C=O) groups excluding carboxylic acids is 1. The van der Waals surface area contributed by atoms with Crippen molar-refractivity contribution in [3.05, 3.63) is 46.5 Å². The Morgan fingerprint density at radius 2 is 2.29 bits per heavy atom. The Kier molecular flexibility index (Phi) is 5.39. The first-order valence-electron chi connectivity index (χ1n) is 7.42. The van der Waals surface area contributed by atoms with Crippen molar-refractivity contribution in [3.8, 4) is 9.88 Å². The van der Waals surface area contributed by atoms with Gasteiger partial charge in [-0.1, -0.05) is 6.07 Å². The summed E-state index contributed by atoms with van der Waals surface area (Å²) in [5.41, 5.74) is 1.46. The molecule has 0 aliphatic carbocycles. The number of aryl methyl sites for hydroxylation is 1. The van der Waals surface area contributed by atoms with Crippen LogP contribution in [0.25, 0.3) is 9.88 Å². The van der Waals surface area contributed by atoms with Crippen molar-refractivity contribution in [1.82, 2.24) is 19.7 Å². The maximum Gasteiger partial charge on any atom is 0.273 e. The van der Waals surface area contributed by atoms with Gasteiger partial charge in [0.1, 0.15) is 10.7 Å². The molecule has 3 heterocycles. The predicted molar refractivity (Wildman–Crippen MR) is 95.3 cm³/mol. The lowest BCUT2D eigenvalue weighted by molar-refractivity contribution is 0.0675. The third kappa shape index (κ3) is 3.89. The van der Waals surface area contributed by atoms with Crippen LogP contribution in [0.4, 0.5) is 0 Å². The number of hydrogen-bond acceptors (Lipinski definition) is 6. The first kappa shape index (κ1) is 16.8. The number of ether oxygens (including phenoxy) is 1. The molecule has 0 bridgehead atoms. The maximum absolute atomic E-state index is 12.8. The molecule has 24 heavy (non-hydrogen) atoms. The van der Waals surface area contributed by atoms with E-state index in [4.69, 9.17) is 4.74 Å². The van der Waals surface area contributed by atoms with Crippen molar-refractivity contribution in [2.75, 3.05) is 20.3 Å². The van der Waals surface area contributed by atoms with Gasteiger partial charge in [-0.3, -0.25) is 9.48 Å². The van der Waals surface area contributed by atoms with E-state index in [0.717, 1.165) is 15.4 Å². The van der Waals surface area contributed by atoms with Crippen LogP contribution in [-0.4, -0.2) is 45.8 Å². The number of rotatable bonds is 7. The van der Waals surface area contributed by atoms with Gasteiger partial charge in [-0.25, -0.2) is 4.98 Å². The molecule has 0 aliphatic heterocycles. The number of aromatic nitrogens is 3. The second-order valence-corrected chi connectivity index (χ2v) is 7.06. The van der Waals surface area contributed by atoms with Gasteiger partial charge in [0.25, 0.3) is 5.91 Å². The Balaban J connectivity index is 1.77. The van der Waals surface area contributed by atoms with Crippen LogP contribution < -0.4 is 0 Å². The molecule has 0 fully saturated rings. The maximum atomic E-state index is 12.8. The van der Waals surface area contributed by atoms with Crippen LogP contribution in [0.3, 0.4) is 0 Å². The SMILES string of the molecule is COCCN(Cc1cnn(C)c1)C(=O)c1csc(-c2cccs2)n1. The number of hydrogen-bond donors (Lipinski definition) is 0. The molecule has 126 valence electrons. The Bertz CT molecular complexity index is 795. The molecule has 3 aromatic rings. The molecular weight excluding hydrogens is 344 g/mol. The molecule has 0 aromatic carbocycles. The van der Waals surface area contributed by atoms with Crippen molar-refractivity contribution in [2.24, 2.45) is 7.05 Å².